The molecule has 1 fully saturated rings. The van der Waals surface area contributed by atoms with E-state index in [-0.39, 0.29) is 30.0 Å². The lowest BCUT2D eigenvalue weighted by Gasteiger charge is -2.23. The van der Waals surface area contributed by atoms with Gasteiger partial charge in [0.2, 0.25) is 5.91 Å². The molecule has 1 unspecified atom stereocenters. The highest BCUT2D eigenvalue weighted by Crippen LogP contribution is 2.22. The summed E-state index contributed by atoms with van der Waals surface area (Å²) in [4.78, 5) is 22.3. The first-order valence-electron chi connectivity index (χ1n) is 5.79. The summed E-state index contributed by atoms with van der Waals surface area (Å²) in [6, 6.07) is 5.45. The predicted octanol–water partition coefficient (Wildman–Crippen LogP) is 0.954. The Morgan fingerprint density at radius 1 is 1.39 bits per heavy atom. The monoisotopic (exact) mass is 251 g/mol. The summed E-state index contributed by atoms with van der Waals surface area (Å²) in [5, 5.41) is 12.4. The summed E-state index contributed by atoms with van der Waals surface area (Å²) < 4.78 is 12.7. The molecule has 1 aromatic carbocycles. The minimum Gasteiger partial charge on any atom is -0.387 e. The molecular formula is C13H14FNO3. The number of nitrogens with one attached hydrogen (secondary N) is 1. The number of aliphatic hydroxyl groups excluding tert-OH is 1. The van der Waals surface area contributed by atoms with E-state index < -0.39 is 6.10 Å². The first kappa shape index (κ1) is 12.7. The molecule has 1 aliphatic carbocycles. The predicted molar refractivity (Wildman–Crippen MR) is 62.1 cm³/mol. The van der Waals surface area contributed by atoms with Crippen molar-refractivity contribution in [3.05, 3.63) is 35.6 Å². The van der Waals surface area contributed by atoms with Crippen LogP contribution >= 0.6 is 0 Å². The molecule has 0 spiro atoms. The van der Waals surface area contributed by atoms with Crippen LogP contribution in [0.2, 0.25) is 0 Å². The Labute approximate surface area is 104 Å². The summed E-state index contributed by atoms with van der Waals surface area (Å²) >= 11 is 0. The zero-order valence-corrected chi connectivity index (χ0v) is 9.73. The number of carbonyl (C=O) groups is 2. The van der Waals surface area contributed by atoms with E-state index in [0.29, 0.717) is 18.4 Å². The molecule has 1 aromatic rings. The molecule has 1 saturated carbocycles. The van der Waals surface area contributed by atoms with Gasteiger partial charge in [0.1, 0.15) is 11.6 Å². The number of amides is 1. The van der Waals surface area contributed by atoms with Crippen molar-refractivity contribution in [2.45, 2.75) is 18.9 Å². The van der Waals surface area contributed by atoms with Gasteiger partial charge in [-0.05, 0) is 17.7 Å². The molecule has 0 aromatic heterocycles. The lowest BCUT2D eigenvalue weighted by Crippen LogP contribution is -2.40. The van der Waals surface area contributed by atoms with Crippen LogP contribution in [0.5, 0.6) is 0 Å². The van der Waals surface area contributed by atoms with Crippen LogP contribution < -0.4 is 5.32 Å². The number of Topliss-reactive ketones (excluding diaryl/α,β-unsaturated/α-hetero) is 1. The van der Waals surface area contributed by atoms with Gasteiger partial charge in [0.25, 0.3) is 0 Å². The van der Waals surface area contributed by atoms with Crippen LogP contribution in [0, 0.1) is 11.7 Å². The molecule has 0 heterocycles. The lowest BCUT2D eigenvalue weighted by atomic mass is 9.83. The number of halogens is 1. The summed E-state index contributed by atoms with van der Waals surface area (Å²) in [5.41, 5.74) is 0.543. The van der Waals surface area contributed by atoms with Crippen molar-refractivity contribution in [3.8, 4) is 0 Å². The first-order chi connectivity index (χ1) is 8.56. The molecule has 1 atom stereocenters. The topological polar surface area (TPSA) is 66.4 Å². The Morgan fingerprint density at radius 3 is 2.56 bits per heavy atom. The third-order valence-electron chi connectivity index (χ3n) is 3.04. The van der Waals surface area contributed by atoms with E-state index in [1.165, 1.54) is 24.3 Å². The van der Waals surface area contributed by atoms with Crippen LogP contribution in [0.4, 0.5) is 4.39 Å². The zero-order chi connectivity index (χ0) is 13.1. The molecule has 2 N–H and O–H groups in total. The minimum atomic E-state index is -0.870. The van der Waals surface area contributed by atoms with E-state index in [0.717, 1.165) is 0 Å². The van der Waals surface area contributed by atoms with Crippen LogP contribution in [0.1, 0.15) is 24.5 Å². The molecule has 0 aliphatic heterocycles. The molecular weight excluding hydrogens is 237 g/mol. The van der Waals surface area contributed by atoms with Gasteiger partial charge in [0.05, 0.1) is 12.0 Å². The molecule has 5 heteroatoms. The second-order valence-corrected chi connectivity index (χ2v) is 4.46. The van der Waals surface area contributed by atoms with Gasteiger partial charge in [-0.3, -0.25) is 9.59 Å². The van der Waals surface area contributed by atoms with Crippen molar-refractivity contribution in [1.82, 2.24) is 5.32 Å². The van der Waals surface area contributed by atoms with Gasteiger partial charge >= 0.3 is 0 Å². The first-order valence-corrected chi connectivity index (χ1v) is 5.79. The second-order valence-electron chi connectivity index (χ2n) is 4.46. The van der Waals surface area contributed by atoms with Crippen molar-refractivity contribution in [2.75, 3.05) is 6.54 Å². The molecule has 18 heavy (non-hydrogen) atoms. The number of hydrogen-bond acceptors (Lipinski definition) is 3. The maximum Gasteiger partial charge on any atom is 0.224 e. The van der Waals surface area contributed by atoms with Crippen molar-refractivity contribution in [3.63, 3.8) is 0 Å². The number of rotatable bonds is 4. The van der Waals surface area contributed by atoms with Crippen molar-refractivity contribution < 1.29 is 19.1 Å². The highest BCUT2D eigenvalue weighted by molar-refractivity contribution is 5.96. The fraction of sp³-hybridized carbons (Fsp3) is 0.385. The lowest BCUT2D eigenvalue weighted by molar-refractivity contribution is -0.138. The SMILES string of the molecule is O=C1CC(C(=O)NCC(O)c2ccc(F)cc2)C1. The van der Waals surface area contributed by atoms with E-state index in [2.05, 4.69) is 5.32 Å². The summed E-state index contributed by atoms with van der Waals surface area (Å²) in [5.74, 6) is -0.745. The Morgan fingerprint density at radius 2 is 2.00 bits per heavy atom. The van der Waals surface area contributed by atoms with E-state index in [4.69, 9.17) is 0 Å². The summed E-state index contributed by atoms with van der Waals surface area (Å²) in [6.07, 6.45) is -0.290. The van der Waals surface area contributed by atoms with Crippen molar-refractivity contribution in [1.29, 1.82) is 0 Å². The van der Waals surface area contributed by atoms with Gasteiger partial charge in [-0.15, -0.1) is 0 Å². The molecule has 0 radical (unpaired) electrons. The van der Waals surface area contributed by atoms with E-state index >= 15 is 0 Å². The van der Waals surface area contributed by atoms with Crippen LogP contribution in [-0.4, -0.2) is 23.3 Å². The van der Waals surface area contributed by atoms with Gasteiger partial charge < -0.3 is 10.4 Å². The van der Waals surface area contributed by atoms with Crippen molar-refractivity contribution in [2.24, 2.45) is 5.92 Å². The number of ketones is 1. The summed E-state index contributed by atoms with van der Waals surface area (Å²) in [7, 11) is 0. The van der Waals surface area contributed by atoms with Crippen molar-refractivity contribution >= 4 is 11.7 Å². The maximum atomic E-state index is 12.7. The highest BCUT2D eigenvalue weighted by atomic mass is 19.1. The largest absolute Gasteiger partial charge is 0.387 e. The average Bonchev–Trinajstić information content (AvgIpc) is 2.32. The maximum absolute atomic E-state index is 12.7. The Bertz CT molecular complexity index is 450. The smallest absolute Gasteiger partial charge is 0.224 e. The van der Waals surface area contributed by atoms with E-state index in [1.54, 1.807) is 0 Å². The highest BCUT2D eigenvalue weighted by Gasteiger charge is 2.32. The Balaban J connectivity index is 1.81. The number of aliphatic hydroxyl groups is 1. The molecule has 4 nitrogen and oxygen atoms in total. The normalized spacial score (nSPS) is 17.1. The van der Waals surface area contributed by atoms with E-state index in [9.17, 15) is 19.1 Å². The number of hydrogen-bond donors (Lipinski definition) is 2. The summed E-state index contributed by atoms with van der Waals surface area (Å²) in [6.45, 7) is 0.0646. The second kappa shape index (κ2) is 5.27. The molecule has 1 aliphatic rings. The zero-order valence-electron chi connectivity index (χ0n) is 9.73. The standard InChI is InChI=1S/C13H14FNO3/c14-10-3-1-8(2-4-10)12(17)7-15-13(18)9-5-11(16)6-9/h1-4,9,12,17H,5-7H2,(H,15,18). The third-order valence-corrected chi connectivity index (χ3v) is 3.04. The number of carbonyl (C=O) groups excluding carboxylic acids is 2. The van der Waals surface area contributed by atoms with Crippen LogP contribution in [0.25, 0.3) is 0 Å². The fourth-order valence-corrected chi connectivity index (χ4v) is 1.82. The third kappa shape index (κ3) is 2.92. The van der Waals surface area contributed by atoms with Gasteiger partial charge in [0, 0.05) is 19.4 Å². The van der Waals surface area contributed by atoms with Crippen LogP contribution in [-0.2, 0) is 9.59 Å². The average molecular weight is 251 g/mol. The van der Waals surface area contributed by atoms with Gasteiger partial charge in [-0.25, -0.2) is 4.39 Å². The molecule has 0 bridgehead atoms. The molecule has 1 amide bonds. The quantitative estimate of drug-likeness (QED) is 0.837. The van der Waals surface area contributed by atoms with E-state index in [1.807, 2.05) is 0 Å². The molecule has 2 rings (SSSR count). The minimum absolute atomic E-state index is 0.0646. The van der Waals surface area contributed by atoms with Crippen LogP contribution in [0.15, 0.2) is 24.3 Å². The van der Waals surface area contributed by atoms with Crippen LogP contribution in [0.3, 0.4) is 0 Å². The number of benzene rings is 1. The Kier molecular flexibility index (Phi) is 3.72. The van der Waals surface area contributed by atoms with Gasteiger partial charge in [0.15, 0.2) is 0 Å². The van der Waals surface area contributed by atoms with Gasteiger partial charge in [-0.2, -0.15) is 0 Å². The Hall–Kier alpha value is -1.75. The fourth-order valence-electron chi connectivity index (χ4n) is 1.82. The van der Waals surface area contributed by atoms with Gasteiger partial charge in [-0.1, -0.05) is 12.1 Å². The molecule has 0 saturated heterocycles. The molecule has 96 valence electrons.